The van der Waals surface area contributed by atoms with Crippen molar-refractivity contribution >= 4 is 41.6 Å². The van der Waals surface area contributed by atoms with Gasteiger partial charge in [0.05, 0.1) is 6.04 Å². The Morgan fingerprint density at radius 3 is 2.00 bits per heavy atom. The van der Waals surface area contributed by atoms with Crippen molar-refractivity contribution in [1.29, 1.82) is 0 Å². The highest BCUT2D eigenvalue weighted by atomic mass is 16.4. The van der Waals surface area contributed by atoms with E-state index in [9.17, 15) is 29.1 Å². The Balaban J connectivity index is 2.92. The highest BCUT2D eigenvalue weighted by Crippen LogP contribution is 2.20. The third-order valence-corrected chi connectivity index (χ3v) is 5.96. The summed E-state index contributed by atoms with van der Waals surface area (Å²) in [5.41, 5.74) is 27.2. The van der Waals surface area contributed by atoms with Crippen molar-refractivity contribution < 1.29 is 34.2 Å². The van der Waals surface area contributed by atoms with E-state index >= 15 is 0 Å². The fraction of sp³-hybridized carbons (Fsp3) is 0.682. The second kappa shape index (κ2) is 16.6. The summed E-state index contributed by atoms with van der Waals surface area (Å²) in [6.07, 6.45) is 1.12. The van der Waals surface area contributed by atoms with E-state index in [4.69, 9.17) is 33.8 Å². The van der Waals surface area contributed by atoms with Gasteiger partial charge < -0.3 is 54.4 Å². The standard InChI is InChI=1S/C22H40N10O7/c23-12(4-1-9-28-21(24)25)19(37)32-11-3-6-15(32)18(36)30-13(5-2-10-29-22(26)27)17(35)31-14(20(38)39)7-8-16(33)34/h12-15H,1-11,23H2,(H,30,36)(H,31,35)(H,33,34)(H,38,39)(H4,24,25,28)(H4,26,27,29). The third-order valence-electron chi connectivity index (χ3n) is 5.96. The molecule has 4 unspecified atom stereocenters. The lowest BCUT2D eigenvalue weighted by molar-refractivity contribution is -0.144. The van der Waals surface area contributed by atoms with E-state index in [-0.39, 0.29) is 37.7 Å². The zero-order chi connectivity index (χ0) is 29.5. The van der Waals surface area contributed by atoms with Gasteiger partial charge in [-0.15, -0.1) is 0 Å². The number of rotatable bonds is 17. The van der Waals surface area contributed by atoms with E-state index in [1.807, 2.05) is 0 Å². The van der Waals surface area contributed by atoms with Gasteiger partial charge in [-0.2, -0.15) is 0 Å². The van der Waals surface area contributed by atoms with Gasteiger partial charge in [0.25, 0.3) is 0 Å². The van der Waals surface area contributed by atoms with Crippen LogP contribution in [0.25, 0.3) is 0 Å². The lowest BCUT2D eigenvalue weighted by Gasteiger charge is -2.28. The first-order chi connectivity index (χ1) is 18.3. The van der Waals surface area contributed by atoms with Crippen LogP contribution in [0, 0.1) is 0 Å². The Labute approximate surface area is 225 Å². The lowest BCUT2D eigenvalue weighted by atomic mass is 10.1. The van der Waals surface area contributed by atoms with Gasteiger partial charge in [0, 0.05) is 26.1 Å². The molecule has 0 aromatic rings. The molecule has 0 saturated carbocycles. The normalized spacial score (nSPS) is 16.8. The van der Waals surface area contributed by atoms with Crippen molar-refractivity contribution in [2.75, 3.05) is 19.6 Å². The molecule has 0 spiro atoms. The van der Waals surface area contributed by atoms with E-state index in [1.165, 1.54) is 4.90 Å². The first-order valence-electron chi connectivity index (χ1n) is 12.6. The van der Waals surface area contributed by atoms with Crippen LogP contribution in [-0.4, -0.2) is 100 Å². The molecule has 1 saturated heterocycles. The van der Waals surface area contributed by atoms with Crippen molar-refractivity contribution in [1.82, 2.24) is 15.5 Å². The molecule has 1 rings (SSSR count). The molecule has 220 valence electrons. The molecule has 0 bridgehead atoms. The van der Waals surface area contributed by atoms with Gasteiger partial charge in [0.2, 0.25) is 17.7 Å². The Morgan fingerprint density at radius 1 is 0.872 bits per heavy atom. The number of carbonyl (C=O) groups is 5. The molecule has 39 heavy (non-hydrogen) atoms. The minimum atomic E-state index is -1.48. The fourth-order valence-corrected chi connectivity index (χ4v) is 4.00. The predicted octanol–water partition coefficient (Wildman–Crippen LogP) is -3.67. The summed E-state index contributed by atoms with van der Waals surface area (Å²) in [6.45, 7) is 0.746. The number of hydrogen-bond donors (Lipinski definition) is 9. The van der Waals surface area contributed by atoms with Gasteiger partial charge in [-0.25, -0.2) is 4.79 Å². The number of nitrogens with one attached hydrogen (secondary N) is 2. The number of carboxylic acids is 2. The number of aliphatic carboxylic acids is 2. The van der Waals surface area contributed by atoms with Gasteiger partial charge in [0.1, 0.15) is 18.1 Å². The van der Waals surface area contributed by atoms with Crippen molar-refractivity contribution in [2.45, 2.75) is 75.5 Å². The number of likely N-dealkylation sites (tertiary alicyclic amines) is 1. The second-order valence-corrected chi connectivity index (χ2v) is 9.09. The average Bonchev–Trinajstić information content (AvgIpc) is 3.34. The zero-order valence-corrected chi connectivity index (χ0v) is 21.8. The maximum atomic E-state index is 13.2. The average molecular weight is 557 g/mol. The molecule has 0 aromatic carbocycles. The van der Waals surface area contributed by atoms with Crippen LogP contribution in [0.4, 0.5) is 0 Å². The van der Waals surface area contributed by atoms with Gasteiger partial charge in [-0.05, 0) is 44.9 Å². The second-order valence-electron chi connectivity index (χ2n) is 9.09. The van der Waals surface area contributed by atoms with Crippen LogP contribution in [0.2, 0.25) is 0 Å². The third kappa shape index (κ3) is 12.3. The van der Waals surface area contributed by atoms with Crippen LogP contribution in [0.15, 0.2) is 9.98 Å². The van der Waals surface area contributed by atoms with Gasteiger partial charge in [0.15, 0.2) is 11.9 Å². The molecule has 0 aliphatic carbocycles. The van der Waals surface area contributed by atoms with Gasteiger partial charge in [-0.3, -0.25) is 29.2 Å². The fourth-order valence-electron chi connectivity index (χ4n) is 4.00. The topological polar surface area (TPSA) is 308 Å². The van der Waals surface area contributed by atoms with E-state index < -0.39 is 60.2 Å². The van der Waals surface area contributed by atoms with E-state index in [0.29, 0.717) is 38.8 Å². The van der Waals surface area contributed by atoms with E-state index in [1.54, 1.807) is 0 Å². The molecule has 3 amide bonds. The molecular formula is C22H40N10O7. The summed E-state index contributed by atoms with van der Waals surface area (Å²) in [5, 5.41) is 23.1. The van der Waals surface area contributed by atoms with Crippen LogP contribution in [-0.2, 0) is 24.0 Å². The minimum absolute atomic E-state index is 0.0462. The largest absolute Gasteiger partial charge is 0.481 e. The Bertz CT molecular complexity index is 934. The van der Waals surface area contributed by atoms with Crippen molar-refractivity contribution in [2.24, 2.45) is 38.7 Å². The number of guanidine groups is 2. The molecule has 17 nitrogen and oxygen atoms in total. The zero-order valence-electron chi connectivity index (χ0n) is 21.8. The van der Waals surface area contributed by atoms with Crippen LogP contribution in [0.3, 0.4) is 0 Å². The number of carbonyl (C=O) groups excluding carboxylic acids is 3. The van der Waals surface area contributed by atoms with Crippen molar-refractivity contribution in [3.63, 3.8) is 0 Å². The summed E-state index contributed by atoms with van der Waals surface area (Å²) in [4.78, 5) is 70.5. The van der Waals surface area contributed by atoms with Crippen LogP contribution in [0.1, 0.15) is 51.4 Å². The van der Waals surface area contributed by atoms with Crippen molar-refractivity contribution in [3.8, 4) is 0 Å². The summed E-state index contributed by atoms with van der Waals surface area (Å²) in [7, 11) is 0. The van der Waals surface area contributed by atoms with Gasteiger partial charge >= 0.3 is 11.9 Å². The molecule has 4 atom stereocenters. The van der Waals surface area contributed by atoms with Crippen LogP contribution in [0.5, 0.6) is 0 Å². The highest BCUT2D eigenvalue weighted by molar-refractivity contribution is 5.94. The summed E-state index contributed by atoms with van der Waals surface area (Å²) < 4.78 is 0. The number of nitrogens with zero attached hydrogens (tertiary/aromatic N) is 3. The highest BCUT2D eigenvalue weighted by Gasteiger charge is 2.37. The minimum Gasteiger partial charge on any atom is -0.481 e. The summed E-state index contributed by atoms with van der Waals surface area (Å²) in [6, 6.07) is -4.43. The molecule has 17 heteroatoms. The number of nitrogens with two attached hydrogens (primary N) is 5. The Kier molecular flexibility index (Phi) is 14.0. The molecule has 1 aliphatic rings. The molecule has 0 radical (unpaired) electrons. The van der Waals surface area contributed by atoms with Crippen molar-refractivity contribution in [3.05, 3.63) is 0 Å². The molecule has 1 aliphatic heterocycles. The number of amides is 3. The van der Waals surface area contributed by atoms with Gasteiger partial charge in [-0.1, -0.05) is 0 Å². The number of carboxylic acid groups (broad SMARTS) is 2. The lowest BCUT2D eigenvalue weighted by Crippen LogP contribution is -2.56. The molecular weight excluding hydrogens is 516 g/mol. The molecule has 0 aromatic heterocycles. The molecule has 1 fully saturated rings. The first kappa shape index (κ1) is 32.9. The molecule has 1 heterocycles. The summed E-state index contributed by atoms with van der Waals surface area (Å²) in [5.74, 6) is -4.72. The Morgan fingerprint density at radius 2 is 1.46 bits per heavy atom. The maximum absolute atomic E-state index is 13.2. The smallest absolute Gasteiger partial charge is 0.326 e. The summed E-state index contributed by atoms with van der Waals surface area (Å²) >= 11 is 0. The number of hydrogen-bond acceptors (Lipinski definition) is 8. The van der Waals surface area contributed by atoms with E-state index in [2.05, 4.69) is 20.6 Å². The maximum Gasteiger partial charge on any atom is 0.326 e. The monoisotopic (exact) mass is 556 g/mol. The predicted molar refractivity (Wildman–Crippen MR) is 141 cm³/mol. The SMILES string of the molecule is NC(N)=NCCCC(N)C(=O)N1CCCC1C(=O)NC(CCCN=C(N)N)C(=O)NC(CCC(=O)O)C(=O)O. The first-order valence-corrected chi connectivity index (χ1v) is 12.6. The Hall–Kier alpha value is -4.15. The molecule has 14 N–H and O–H groups in total. The van der Waals surface area contributed by atoms with E-state index in [0.717, 1.165) is 0 Å². The van der Waals surface area contributed by atoms with Crippen LogP contribution < -0.4 is 39.3 Å². The number of aliphatic imine (C=N–C) groups is 2. The van der Waals surface area contributed by atoms with Crippen LogP contribution >= 0.6 is 0 Å². The quantitative estimate of drug-likeness (QED) is 0.0475.